The Kier molecular flexibility index (Phi) is 56.7. The highest BCUT2D eigenvalue weighted by atomic mass is 16.3. The standard InChI is InChI=1S/C61H121NO3/c1-3-5-7-9-11-13-15-17-19-21-23-25-27-29-31-33-35-37-39-41-43-45-47-49-51-53-55-57-61(65)62-59(58-63)60(64)56-54-52-50-48-46-44-42-40-38-36-34-32-30-28-26-24-22-20-18-16-14-12-10-8-6-4-2/h54,56,59-60,63-64H,3-53,55,57-58H2,1-2H3,(H,62,65)/b56-54+. The quantitative estimate of drug-likeness (QED) is 0.0421. The molecule has 4 heteroatoms. The van der Waals surface area contributed by atoms with Crippen LogP contribution in [0.25, 0.3) is 0 Å². The molecular weight excluding hydrogens is 795 g/mol. The van der Waals surface area contributed by atoms with Crippen LogP contribution in [0.1, 0.15) is 354 Å². The number of carbonyl (C=O) groups excluding carboxylic acids is 1. The van der Waals surface area contributed by atoms with Gasteiger partial charge in [0.1, 0.15) is 0 Å². The van der Waals surface area contributed by atoms with E-state index in [0.29, 0.717) is 6.42 Å². The van der Waals surface area contributed by atoms with Crippen molar-refractivity contribution in [1.29, 1.82) is 0 Å². The molecule has 0 aliphatic rings. The molecule has 1 amide bonds. The van der Waals surface area contributed by atoms with Gasteiger partial charge in [-0.15, -0.1) is 0 Å². The maximum absolute atomic E-state index is 12.5. The van der Waals surface area contributed by atoms with Crippen molar-refractivity contribution in [1.82, 2.24) is 5.32 Å². The van der Waals surface area contributed by atoms with Crippen LogP contribution in [0.4, 0.5) is 0 Å². The number of aliphatic hydroxyl groups is 2. The molecule has 0 aromatic heterocycles. The first-order valence-electron chi connectivity index (χ1n) is 30.4. The van der Waals surface area contributed by atoms with E-state index in [1.807, 2.05) is 6.08 Å². The van der Waals surface area contributed by atoms with E-state index in [1.165, 1.54) is 308 Å². The van der Waals surface area contributed by atoms with E-state index in [-0.39, 0.29) is 12.5 Å². The van der Waals surface area contributed by atoms with E-state index in [2.05, 4.69) is 19.2 Å². The van der Waals surface area contributed by atoms with Gasteiger partial charge in [0.25, 0.3) is 0 Å². The van der Waals surface area contributed by atoms with Gasteiger partial charge < -0.3 is 15.5 Å². The highest BCUT2D eigenvalue weighted by Gasteiger charge is 2.18. The van der Waals surface area contributed by atoms with E-state index < -0.39 is 12.1 Å². The van der Waals surface area contributed by atoms with E-state index in [4.69, 9.17) is 0 Å². The van der Waals surface area contributed by atoms with Crippen molar-refractivity contribution in [3.63, 3.8) is 0 Å². The second kappa shape index (κ2) is 57.4. The van der Waals surface area contributed by atoms with Gasteiger partial charge >= 0.3 is 0 Å². The number of allylic oxidation sites excluding steroid dienone is 1. The topological polar surface area (TPSA) is 69.6 Å². The molecule has 4 nitrogen and oxygen atoms in total. The molecule has 0 saturated carbocycles. The minimum Gasteiger partial charge on any atom is -0.394 e. The number of aliphatic hydroxyl groups excluding tert-OH is 2. The molecule has 0 aromatic rings. The smallest absolute Gasteiger partial charge is 0.220 e. The molecule has 2 unspecified atom stereocenters. The average molecular weight is 917 g/mol. The maximum Gasteiger partial charge on any atom is 0.220 e. The largest absolute Gasteiger partial charge is 0.394 e. The molecule has 0 aromatic carbocycles. The lowest BCUT2D eigenvalue weighted by atomic mass is 10.0. The molecule has 0 rings (SSSR count). The molecule has 0 radical (unpaired) electrons. The molecule has 0 spiro atoms. The van der Waals surface area contributed by atoms with Crippen LogP contribution in [0.5, 0.6) is 0 Å². The van der Waals surface area contributed by atoms with Crippen LogP contribution in [-0.2, 0) is 4.79 Å². The molecule has 0 saturated heterocycles. The zero-order valence-electron chi connectivity index (χ0n) is 44.8. The van der Waals surface area contributed by atoms with Crippen LogP contribution in [-0.4, -0.2) is 34.9 Å². The minimum absolute atomic E-state index is 0.0545. The predicted molar refractivity (Wildman–Crippen MR) is 290 cm³/mol. The Morgan fingerprint density at radius 2 is 0.569 bits per heavy atom. The number of unbranched alkanes of at least 4 members (excludes halogenated alkanes) is 50. The van der Waals surface area contributed by atoms with Crippen LogP contribution in [0.2, 0.25) is 0 Å². The minimum atomic E-state index is -0.836. The van der Waals surface area contributed by atoms with Gasteiger partial charge in [0, 0.05) is 6.42 Å². The summed E-state index contributed by atoms with van der Waals surface area (Å²) in [4.78, 5) is 12.5. The van der Waals surface area contributed by atoms with E-state index in [1.54, 1.807) is 6.08 Å². The number of hydrogen-bond donors (Lipinski definition) is 3. The molecule has 0 bridgehead atoms. The number of amides is 1. The van der Waals surface area contributed by atoms with Gasteiger partial charge in [0.2, 0.25) is 5.91 Å². The Bertz CT molecular complexity index is 905. The second-order valence-corrected chi connectivity index (χ2v) is 21.1. The van der Waals surface area contributed by atoms with Crippen LogP contribution in [0.15, 0.2) is 12.2 Å². The highest BCUT2D eigenvalue weighted by Crippen LogP contribution is 2.19. The lowest BCUT2D eigenvalue weighted by Gasteiger charge is -2.20. The Hall–Kier alpha value is -0.870. The van der Waals surface area contributed by atoms with Gasteiger partial charge in [0.05, 0.1) is 18.8 Å². The Morgan fingerprint density at radius 3 is 0.800 bits per heavy atom. The van der Waals surface area contributed by atoms with Crippen molar-refractivity contribution in [2.24, 2.45) is 0 Å². The van der Waals surface area contributed by atoms with Crippen LogP contribution < -0.4 is 5.32 Å². The normalized spacial score (nSPS) is 12.7. The van der Waals surface area contributed by atoms with E-state index in [0.717, 1.165) is 25.7 Å². The van der Waals surface area contributed by atoms with Gasteiger partial charge in [-0.1, -0.05) is 341 Å². The lowest BCUT2D eigenvalue weighted by Crippen LogP contribution is -2.45. The summed E-state index contributed by atoms with van der Waals surface area (Å²) in [7, 11) is 0. The summed E-state index contributed by atoms with van der Waals surface area (Å²) < 4.78 is 0. The number of rotatable bonds is 57. The highest BCUT2D eigenvalue weighted by molar-refractivity contribution is 5.76. The number of nitrogens with one attached hydrogen (secondary N) is 1. The van der Waals surface area contributed by atoms with Gasteiger partial charge in [-0.3, -0.25) is 4.79 Å². The third-order valence-corrected chi connectivity index (χ3v) is 14.5. The zero-order chi connectivity index (χ0) is 47.0. The van der Waals surface area contributed by atoms with Crippen LogP contribution >= 0.6 is 0 Å². The second-order valence-electron chi connectivity index (χ2n) is 21.1. The summed E-state index contributed by atoms with van der Waals surface area (Å²) >= 11 is 0. The van der Waals surface area contributed by atoms with Crippen molar-refractivity contribution >= 4 is 5.91 Å². The monoisotopic (exact) mass is 916 g/mol. The molecule has 65 heavy (non-hydrogen) atoms. The first-order valence-corrected chi connectivity index (χ1v) is 30.4. The van der Waals surface area contributed by atoms with Crippen molar-refractivity contribution in [2.45, 2.75) is 366 Å². The molecule has 0 aliphatic carbocycles. The van der Waals surface area contributed by atoms with Crippen molar-refractivity contribution in [3.05, 3.63) is 12.2 Å². The van der Waals surface area contributed by atoms with Gasteiger partial charge in [-0.2, -0.15) is 0 Å². The molecule has 2 atom stereocenters. The fraction of sp³-hybridized carbons (Fsp3) is 0.951. The molecule has 3 N–H and O–H groups in total. The average Bonchev–Trinajstić information content (AvgIpc) is 3.31. The SMILES string of the molecule is CCCCCCCCCCCCCCCCCCCCCCCCCC/C=C/C(O)C(CO)NC(=O)CCCCCCCCCCCCCCCCCCCCCCCCCCCCC. The van der Waals surface area contributed by atoms with Crippen LogP contribution in [0, 0.1) is 0 Å². The number of carbonyl (C=O) groups is 1. The molecular formula is C61H121NO3. The molecule has 0 aliphatic heterocycles. The fourth-order valence-corrected chi connectivity index (χ4v) is 9.89. The first kappa shape index (κ1) is 64.1. The first-order chi connectivity index (χ1) is 32.2. The van der Waals surface area contributed by atoms with Gasteiger partial charge in [0.15, 0.2) is 0 Å². The van der Waals surface area contributed by atoms with Crippen molar-refractivity contribution in [3.8, 4) is 0 Å². The summed E-state index contributed by atoms with van der Waals surface area (Å²) in [5.41, 5.74) is 0. The summed E-state index contributed by atoms with van der Waals surface area (Å²) in [5, 5.41) is 23.2. The Morgan fingerprint density at radius 1 is 0.354 bits per heavy atom. The summed E-state index contributed by atoms with van der Waals surface area (Å²) in [6.07, 6.45) is 75.4. The maximum atomic E-state index is 12.5. The molecule has 0 fully saturated rings. The van der Waals surface area contributed by atoms with Crippen molar-refractivity contribution < 1.29 is 15.0 Å². The van der Waals surface area contributed by atoms with Gasteiger partial charge in [-0.05, 0) is 19.3 Å². The third kappa shape index (κ3) is 53.9. The predicted octanol–water partition coefficient (Wildman–Crippen LogP) is 20.1. The molecule has 388 valence electrons. The summed E-state index contributed by atoms with van der Waals surface area (Å²) in [5.74, 6) is -0.0545. The molecule has 0 heterocycles. The van der Waals surface area contributed by atoms with Crippen LogP contribution in [0.3, 0.4) is 0 Å². The zero-order valence-corrected chi connectivity index (χ0v) is 44.8. The summed E-state index contributed by atoms with van der Waals surface area (Å²) in [6.45, 7) is 4.36. The Balaban J connectivity index is 3.43. The van der Waals surface area contributed by atoms with E-state index in [9.17, 15) is 15.0 Å². The van der Waals surface area contributed by atoms with E-state index >= 15 is 0 Å². The number of hydrogen-bond acceptors (Lipinski definition) is 3. The summed E-state index contributed by atoms with van der Waals surface area (Å²) in [6, 6.07) is -0.619. The third-order valence-electron chi connectivity index (χ3n) is 14.5. The van der Waals surface area contributed by atoms with Gasteiger partial charge in [-0.25, -0.2) is 0 Å². The van der Waals surface area contributed by atoms with Crippen molar-refractivity contribution in [2.75, 3.05) is 6.61 Å². The Labute approximate surface area is 409 Å². The fourth-order valence-electron chi connectivity index (χ4n) is 9.89. The lowest BCUT2D eigenvalue weighted by molar-refractivity contribution is -0.123.